The molecule has 0 unspecified atom stereocenters. The number of benzene rings is 2. The van der Waals surface area contributed by atoms with E-state index in [1.54, 1.807) is 14.2 Å². The Morgan fingerprint density at radius 2 is 1.81 bits per heavy atom. The molecule has 8 heteroatoms. The number of aromatic nitrogens is 2. The van der Waals surface area contributed by atoms with Crippen LogP contribution >= 0.6 is 24.0 Å². The molecular weight excluding hydrogens is 517 g/mol. The van der Waals surface area contributed by atoms with Crippen LogP contribution in [0.4, 0.5) is 0 Å². The number of nitrogens with one attached hydrogen (secondary N) is 2. The normalized spacial score (nSPS) is 11.0. The summed E-state index contributed by atoms with van der Waals surface area (Å²) in [6, 6.07) is 16.5. The Kier molecular flexibility index (Phi) is 11.0. The fourth-order valence-corrected chi connectivity index (χ4v) is 3.12. The molecule has 0 atom stereocenters. The largest absolute Gasteiger partial charge is 0.491 e. The van der Waals surface area contributed by atoms with Crippen LogP contribution in [0.2, 0.25) is 0 Å². The number of nitrogens with zero attached hydrogens (tertiary/aromatic N) is 3. The molecule has 0 aliphatic heterocycles. The Hall–Kier alpha value is -2.59. The molecule has 0 radical (unpaired) electrons. The Morgan fingerprint density at radius 3 is 2.56 bits per heavy atom. The van der Waals surface area contributed by atoms with Gasteiger partial charge in [0.05, 0.1) is 19.3 Å². The van der Waals surface area contributed by atoms with E-state index in [4.69, 9.17) is 9.47 Å². The fraction of sp³-hybridized carbons (Fsp3) is 0.333. The summed E-state index contributed by atoms with van der Waals surface area (Å²) in [5.41, 5.74) is 4.55. The monoisotopic (exact) mass is 549 g/mol. The van der Waals surface area contributed by atoms with Crippen LogP contribution in [0, 0.1) is 6.92 Å². The van der Waals surface area contributed by atoms with Crippen LogP contribution in [-0.2, 0) is 24.4 Å². The maximum absolute atomic E-state index is 5.87. The van der Waals surface area contributed by atoms with E-state index in [-0.39, 0.29) is 24.0 Å². The fourth-order valence-electron chi connectivity index (χ4n) is 3.12. The van der Waals surface area contributed by atoms with Gasteiger partial charge in [0.1, 0.15) is 12.4 Å². The maximum atomic E-state index is 5.87. The molecule has 2 aromatic carbocycles. The predicted octanol–water partition coefficient (Wildman–Crippen LogP) is 3.75. The molecular formula is C24H32IN5O2. The van der Waals surface area contributed by atoms with Crippen molar-refractivity contribution in [2.45, 2.75) is 26.6 Å². The summed E-state index contributed by atoms with van der Waals surface area (Å²) in [6.07, 6.45) is 3.93. The van der Waals surface area contributed by atoms with E-state index in [2.05, 4.69) is 58.1 Å². The van der Waals surface area contributed by atoms with Gasteiger partial charge in [0, 0.05) is 44.6 Å². The van der Waals surface area contributed by atoms with Gasteiger partial charge in [-0.05, 0) is 24.1 Å². The van der Waals surface area contributed by atoms with Crippen LogP contribution in [0.15, 0.2) is 65.9 Å². The summed E-state index contributed by atoms with van der Waals surface area (Å²) in [6.45, 7) is 5.13. The van der Waals surface area contributed by atoms with E-state index in [0.29, 0.717) is 26.3 Å². The lowest BCUT2D eigenvalue weighted by atomic mass is 10.1. The van der Waals surface area contributed by atoms with Crippen molar-refractivity contribution in [3.05, 3.63) is 83.2 Å². The van der Waals surface area contributed by atoms with Gasteiger partial charge < -0.3 is 20.1 Å². The molecule has 0 aliphatic rings. The van der Waals surface area contributed by atoms with Gasteiger partial charge in [0.2, 0.25) is 0 Å². The van der Waals surface area contributed by atoms with Crippen LogP contribution < -0.4 is 15.4 Å². The average molecular weight is 549 g/mol. The molecule has 172 valence electrons. The van der Waals surface area contributed by atoms with Gasteiger partial charge in [-0.3, -0.25) is 9.67 Å². The van der Waals surface area contributed by atoms with Gasteiger partial charge >= 0.3 is 0 Å². The zero-order valence-electron chi connectivity index (χ0n) is 18.9. The second-order valence-corrected chi connectivity index (χ2v) is 7.26. The summed E-state index contributed by atoms with van der Waals surface area (Å²) in [5, 5.41) is 11.1. The Bertz CT molecular complexity index is 976. The second kappa shape index (κ2) is 13.7. The zero-order chi connectivity index (χ0) is 21.9. The van der Waals surface area contributed by atoms with E-state index < -0.39 is 0 Å². The van der Waals surface area contributed by atoms with E-state index in [9.17, 15) is 0 Å². The van der Waals surface area contributed by atoms with E-state index in [1.807, 2.05) is 35.1 Å². The number of aryl methyl sites for hydroxylation is 1. The van der Waals surface area contributed by atoms with E-state index in [1.165, 1.54) is 5.56 Å². The Labute approximate surface area is 207 Å². The van der Waals surface area contributed by atoms with Gasteiger partial charge in [0.15, 0.2) is 5.96 Å². The molecule has 3 aromatic rings. The van der Waals surface area contributed by atoms with E-state index >= 15 is 0 Å². The first-order valence-corrected chi connectivity index (χ1v) is 10.4. The minimum atomic E-state index is 0. The quantitative estimate of drug-likeness (QED) is 0.175. The van der Waals surface area contributed by atoms with Crippen LogP contribution in [0.25, 0.3) is 0 Å². The molecule has 0 amide bonds. The maximum Gasteiger partial charge on any atom is 0.191 e. The summed E-state index contributed by atoms with van der Waals surface area (Å²) in [4.78, 5) is 4.32. The molecule has 0 aliphatic carbocycles. The number of methoxy groups -OCH3 is 1. The standard InChI is InChI=1S/C24H31N5O2.HI/c1-19-9-10-22(23(13-19)31-12-11-30-3)16-27-24(25-2)26-14-21-15-28-29(18-21)17-20-7-5-4-6-8-20;/h4-10,13,15,18H,11-12,14,16-17H2,1-3H3,(H2,25,26,27);1H. The highest BCUT2D eigenvalue weighted by Crippen LogP contribution is 2.20. The highest BCUT2D eigenvalue weighted by molar-refractivity contribution is 14.0. The molecule has 0 fully saturated rings. The molecule has 3 rings (SSSR count). The van der Waals surface area contributed by atoms with Gasteiger partial charge in [0.25, 0.3) is 0 Å². The lowest BCUT2D eigenvalue weighted by Crippen LogP contribution is -2.36. The molecule has 1 heterocycles. The zero-order valence-corrected chi connectivity index (χ0v) is 21.2. The number of halogens is 1. The van der Waals surface area contributed by atoms with Gasteiger partial charge in [-0.2, -0.15) is 5.10 Å². The van der Waals surface area contributed by atoms with Crippen LogP contribution in [0.1, 0.15) is 22.3 Å². The number of hydrogen-bond acceptors (Lipinski definition) is 4. The third kappa shape index (κ3) is 8.16. The van der Waals surface area contributed by atoms with Crippen molar-refractivity contribution in [3.63, 3.8) is 0 Å². The number of aliphatic imine (C=N–C) groups is 1. The minimum Gasteiger partial charge on any atom is -0.491 e. The summed E-state index contributed by atoms with van der Waals surface area (Å²) in [7, 11) is 3.43. The third-order valence-corrected chi connectivity index (χ3v) is 4.77. The van der Waals surface area contributed by atoms with Crippen LogP contribution in [0.5, 0.6) is 5.75 Å². The molecule has 7 nitrogen and oxygen atoms in total. The topological polar surface area (TPSA) is 72.7 Å². The molecule has 0 saturated carbocycles. The molecule has 1 aromatic heterocycles. The van der Waals surface area contributed by atoms with Gasteiger partial charge in [-0.25, -0.2) is 0 Å². The van der Waals surface area contributed by atoms with Crippen molar-refractivity contribution in [1.82, 2.24) is 20.4 Å². The highest BCUT2D eigenvalue weighted by Gasteiger charge is 2.07. The Balaban J connectivity index is 0.00000363. The van der Waals surface area contributed by atoms with Gasteiger partial charge in [-0.15, -0.1) is 24.0 Å². The minimum absolute atomic E-state index is 0. The average Bonchev–Trinajstić information content (AvgIpc) is 3.23. The van der Waals surface area contributed by atoms with Crippen LogP contribution in [0.3, 0.4) is 0 Å². The van der Waals surface area contributed by atoms with Gasteiger partial charge in [-0.1, -0.05) is 42.5 Å². The first kappa shape index (κ1) is 25.7. The SMILES string of the molecule is CN=C(NCc1cnn(Cc2ccccc2)c1)NCc1ccc(C)cc1OCCOC.I. The first-order valence-electron chi connectivity index (χ1n) is 10.4. The van der Waals surface area contributed by atoms with Crippen LogP contribution in [-0.4, -0.2) is 43.1 Å². The lowest BCUT2D eigenvalue weighted by molar-refractivity contribution is 0.145. The first-order chi connectivity index (χ1) is 15.2. The predicted molar refractivity (Wildman–Crippen MR) is 139 cm³/mol. The van der Waals surface area contributed by atoms with Crippen molar-refractivity contribution in [1.29, 1.82) is 0 Å². The molecule has 32 heavy (non-hydrogen) atoms. The summed E-state index contributed by atoms with van der Waals surface area (Å²) < 4.78 is 12.9. The Morgan fingerprint density at radius 1 is 1.03 bits per heavy atom. The summed E-state index contributed by atoms with van der Waals surface area (Å²) >= 11 is 0. The lowest BCUT2D eigenvalue weighted by Gasteiger charge is -2.15. The van der Waals surface area contributed by atoms with Crippen molar-refractivity contribution >= 4 is 29.9 Å². The smallest absolute Gasteiger partial charge is 0.191 e. The third-order valence-electron chi connectivity index (χ3n) is 4.77. The molecule has 0 spiro atoms. The number of guanidine groups is 1. The van der Waals surface area contributed by atoms with Crippen molar-refractivity contribution in [2.75, 3.05) is 27.4 Å². The molecule has 0 saturated heterocycles. The van der Waals surface area contributed by atoms with Crippen molar-refractivity contribution < 1.29 is 9.47 Å². The van der Waals surface area contributed by atoms with Crippen molar-refractivity contribution in [2.24, 2.45) is 4.99 Å². The van der Waals surface area contributed by atoms with E-state index in [0.717, 1.165) is 34.9 Å². The second-order valence-electron chi connectivity index (χ2n) is 7.26. The number of hydrogen-bond donors (Lipinski definition) is 2. The highest BCUT2D eigenvalue weighted by atomic mass is 127. The number of ether oxygens (including phenoxy) is 2. The number of rotatable bonds is 10. The summed E-state index contributed by atoms with van der Waals surface area (Å²) in [5.74, 6) is 1.58. The molecule has 2 N–H and O–H groups in total. The molecule has 0 bridgehead atoms. The van der Waals surface area contributed by atoms with Crippen molar-refractivity contribution in [3.8, 4) is 5.75 Å².